The number of carbonyl (C=O) groups is 1. The van der Waals surface area contributed by atoms with E-state index >= 15 is 0 Å². The molecule has 1 amide bonds. The monoisotopic (exact) mass is 392 g/mol. The number of anilines is 2. The molecule has 2 rings (SSSR count). The summed E-state index contributed by atoms with van der Waals surface area (Å²) in [6, 6.07) is 12.6. The summed E-state index contributed by atoms with van der Waals surface area (Å²) >= 11 is 0. The van der Waals surface area contributed by atoms with Crippen LogP contribution in [0.3, 0.4) is 0 Å². The SMILES string of the molecule is CCOc1ccccc1NC(=O)[C@@H](C)N(c1cccc(OC)c1)S(C)(=O)=O. The van der Waals surface area contributed by atoms with Gasteiger partial charge < -0.3 is 14.8 Å². The zero-order valence-electron chi connectivity index (χ0n) is 15.8. The first kappa shape index (κ1) is 20.6. The molecule has 2 aromatic carbocycles. The number of hydrogen-bond donors (Lipinski definition) is 1. The quantitative estimate of drug-likeness (QED) is 0.747. The molecule has 0 spiro atoms. The third-order valence-corrected chi connectivity index (χ3v) is 5.08. The molecule has 0 unspecified atom stereocenters. The van der Waals surface area contributed by atoms with Gasteiger partial charge in [-0.15, -0.1) is 0 Å². The van der Waals surface area contributed by atoms with Gasteiger partial charge in [-0.3, -0.25) is 9.10 Å². The number of nitrogens with one attached hydrogen (secondary N) is 1. The molecule has 0 bridgehead atoms. The first-order valence-electron chi connectivity index (χ1n) is 8.44. The van der Waals surface area contributed by atoms with E-state index in [0.29, 0.717) is 29.5 Å². The molecule has 146 valence electrons. The van der Waals surface area contributed by atoms with Crippen molar-refractivity contribution in [2.45, 2.75) is 19.9 Å². The van der Waals surface area contributed by atoms with Gasteiger partial charge in [0.2, 0.25) is 15.9 Å². The maximum Gasteiger partial charge on any atom is 0.248 e. The fourth-order valence-corrected chi connectivity index (χ4v) is 3.81. The van der Waals surface area contributed by atoms with Gasteiger partial charge in [0.05, 0.1) is 31.3 Å². The summed E-state index contributed by atoms with van der Waals surface area (Å²) < 4.78 is 36.5. The van der Waals surface area contributed by atoms with E-state index in [1.807, 2.05) is 6.92 Å². The van der Waals surface area contributed by atoms with Crippen LogP contribution in [0.25, 0.3) is 0 Å². The van der Waals surface area contributed by atoms with Crippen LogP contribution < -0.4 is 19.1 Å². The van der Waals surface area contributed by atoms with E-state index in [1.165, 1.54) is 14.0 Å². The number of sulfonamides is 1. The second-order valence-corrected chi connectivity index (χ2v) is 7.71. The molecule has 0 aromatic heterocycles. The maximum atomic E-state index is 12.8. The van der Waals surface area contributed by atoms with E-state index in [4.69, 9.17) is 9.47 Å². The Morgan fingerprint density at radius 2 is 1.89 bits per heavy atom. The van der Waals surface area contributed by atoms with Crippen LogP contribution in [0.15, 0.2) is 48.5 Å². The minimum absolute atomic E-state index is 0.345. The maximum absolute atomic E-state index is 12.8. The Morgan fingerprint density at radius 3 is 2.52 bits per heavy atom. The Labute approximate surface area is 160 Å². The highest BCUT2D eigenvalue weighted by Gasteiger charge is 2.29. The van der Waals surface area contributed by atoms with Crippen molar-refractivity contribution < 1.29 is 22.7 Å². The lowest BCUT2D eigenvalue weighted by molar-refractivity contribution is -0.116. The number of carbonyl (C=O) groups excluding carboxylic acids is 1. The summed E-state index contributed by atoms with van der Waals surface area (Å²) in [4.78, 5) is 12.8. The smallest absolute Gasteiger partial charge is 0.248 e. The molecule has 0 radical (unpaired) electrons. The summed E-state index contributed by atoms with van der Waals surface area (Å²) in [7, 11) is -2.22. The lowest BCUT2D eigenvalue weighted by Gasteiger charge is -2.28. The molecular formula is C19H24N2O5S. The van der Waals surface area contributed by atoms with Crippen LogP contribution in [0, 0.1) is 0 Å². The highest BCUT2D eigenvalue weighted by Crippen LogP contribution is 2.27. The van der Waals surface area contributed by atoms with Crippen molar-refractivity contribution in [2.75, 3.05) is 29.6 Å². The molecule has 0 saturated carbocycles. The standard InChI is InChI=1S/C19H24N2O5S/c1-5-26-18-12-7-6-11-17(18)20-19(22)14(2)21(27(4,23)24)15-9-8-10-16(13-15)25-3/h6-14H,5H2,1-4H3,(H,20,22)/t14-/m1/s1. The van der Waals surface area contributed by atoms with Gasteiger partial charge in [-0.1, -0.05) is 18.2 Å². The minimum Gasteiger partial charge on any atom is -0.497 e. The number of nitrogens with zero attached hydrogens (tertiary/aromatic N) is 1. The summed E-state index contributed by atoms with van der Waals surface area (Å²) in [5.41, 5.74) is 0.827. The van der Waals surface area contributed by atoms with Gasteiger partial charge in [0.15, 0.2) is 0 Å². The van der Waals surface area contributed by atoms with Gasteiger partial charge in [-0.2, -0.15) is 0 Å². The summed E-state index contributed by atoms with van der Waals surface area (Å²) in [6.45, 7) is 3.82. The van der Waals surface area contributed by atoms with Crippen molar-refractivity contribution in [3.63, 3.8) is 0 Å². The lowest BCUT2D eigenvalue weighted by Crippen LogP contribution is -2.45. The summed E-state index contributed by atoms with van der Waals surface area (Å²) in [5.74, 6) is 0.540. The van der Waals surface area contributed by atoms with Crippen LogP contribution >= 0.6 is 0 Å². The van der Waals surface area contributed by atoms with Crippen LogP contribution in [-0.4, -0.2) is 40.3 Å². The number of hydrogen-bond acceptors (Lipinski definition) is 5. The van der Waals surface area contributed by atoms with Crippen molar-refractivity contribution in [2.24, 2.45) is 0 Å². The van der Waals surface area contributed by atoms with E-state index in [9.17, 15) is 13.2 Å². The van der Waals surface area contributed by atoms with Crippen LogP contribution in [0.2, 0.25) is 0 Å². The fraction of sp³-hybridized carbons (Fsp3) is 0.316. The van der Waals surface area contributed by atoms with Crippen molar-refractivity contribution in [3.05, 3.63) is 48.5 Å². The third kappa shape index (κ3) is 5.13. The zero-order valence-corrected chi connectivity index (χ0v) is 16.6. The topological polar surface area (TPSA) is 84.9 Å². The van der Waals surface area contributed by atoms with Crippen molar-refractivity contribution in [3.8, 4) is 11.5 Å². The van der Waals surface area contributed by atoms with Gasteiger partial charge in [0.1, 0.15) is 17.5 Å². The second-order valence-electron chi connectivity index (χ2n) is 5.85. The molecule has 0 saturated heterocycles. The number of ether oxygens (including phenoxy) is 2. The minimum atomic E-state index is -3.71. The molecule has 7 nitrogen and oxygen atoms in total. The second kappa shape index (κ2) is 8.77. The first-order chi connectivity index (χ1) is 12.8. The molecular weight excluding hydrogens is 368 g/mol. The molecule has 27 heavy (non-hydrogen) atoms. The predicted octanol–water partition coefficient (Wildman–Crippen LogP) is 2.89. The fourth-order valence-electron chi connectivity index (χ4n) is 2.64. The Balaban J connectivity index is 2.33. The van der Waals surface area contributed by atoms with Crippen LogP contribution in [0.1, 0.15) is 13.8 Å². The van der Waals surface area contributed by atoms with Crippen LogP contribution in [-0.2, 0) is 14.8 Å². The molecule has 0 fully saturated rings. The van der Waals surface area contributed by atoms with Crippen molar-refractivity contribution in [1.29, 1.82) is 0 Å². The van der Waals surface area contributed by atoms with Gasteiger partial charge in [0, 0.05) is 6.07 Å². The highest BCUT2D eigenvalue weighted by molar-refractivity contribution is 7.92. The average Bonchev–Trinajstić information content (AvgIpc) is 2.62. The van der Waals surface area contributed by atoms with Crippen LogP contribution in [0.4, 0.5) is 11.4 Å². The van der Waals surface area contributed by atoms with Gasteiger partial charge in [0.25, 0.3) is 0 Å². The molecule has 1 N–H and O–H groups in total. The number of methoxy groups -OCH3 is 1. The number of amides is 1. The van der Waals surface area contributed by atoms with Gasteiger partial charge in [-0.05, 0) is 38.1 Å². The molecule has 0 heterocycles. The normalized spacial score (nSPS) is 12.1. The highest BCUT2D eigenvalue weighted by atomic mass is 32.2. The average molecular weight is 392 g/mol. The van der Waals surface area contributed by atoms with E-state index < -0.39 is 22.0 Å². The third-order valence-electron chi connectivity index (χ3n) is 3.84. The molecule has 0 aliphatic heterocycles. The van der Waals surface area contributed by atoms with Crippen molar-refractivity contribution >= 4 is 27.3 Å². The predicted molar refractivity (Wildman–Crippen MR) is 106 cm³/mol. The van der Waals surface area contributed by atoms with E-state index in [1.54, 1.807) is 48.5 Å². The van der Waals surface area contributed by atoms with Gasteiger partial charge >= 0.3 is 0 Å². The van der Waals surface area contributed by atoms with Gasteiger partial charge in [-0.25, -0.2) is 8.42 Å². The number of benzene rings is 2. The lowest BCUT2D eigenvalue weighted by atomic mass is 10.2. The summed E-state index contributed by atoms with van der Waals surface area (Å²) in [6.07, 6.45) is 1.06. The summed E-state index contributed by atoms with van der Waals surface area (Å²) in [5, 5.41) is 2.74. The van der Waals surface area contributed by atoms with E-state index in [0.717, 1.165) is 10.6 Å². The first-order valence-corrected chi connectivity index (χ1v) is 10.3. The molecule has 2 aromatic rings. The zero-order chi connectivity index (χ0) is 20.0. The Kier molecular flexibility index (Phi) is 6.68. The van der Waals surface area contributed by atoms with Crippen molar-refractivity contribution in [1.82, 2.24) is 0 Å². The number of rotatable bonds is 8. The van der Waals surface area contributed by atoms with Crippen LogP contribution in [0.5, 0.6) is 11.5 Å². The molecule has 0 aliphatic rings. The van der Waals surface area contributed by atoms with E-state index in [2.05, 4.69) is 5.32 Å². The Bertz CT molecular complexity index is 898. The molecule has 1 atom stereocenters. The molecule has 0 aliphatic carbocycles. The number of para-hydroxylation sites is 2. The largest absolute Gasteiger partial charge is 0.497 e. The molecule has 8 heteroatoms. The Morgan fingerprint density at radius 1 is 1.19 bits per heavy atom. The van der Waals surface area contributed by atoms with E-state index in [-0.39, 0.29) is 0 Å². The Hall–Kier alpha value is -2.74.